The van der Waals surface area contributed by atoms with Gasteiger partial charge < -0.3 is 10.1 Å². The van der Waals surface area contributed by atoms with Crippen LogP contribution >= 0.6 is 0 Å². The molecule has 0 aromatic heterocycles. The average Bonchev–Trinajstić information content (AvgIpc) is 2.30. The molecule has 88 valence electrons. The van der Waals surface area contributed by atoms with Gasteiger partial charge in [0.15, 0.2) is 0 Å². The van der Waals surface area contributed by atoms with Crippen LogP contribution in [0.25, 0.3) is 0 Å². The Labute approximate surface area is 97.4 Å². The molecule has 0 aliphatic carbocycles. The molecule has 3 nitrogen and oxygen atoms in total. The van der Waals surface area contributed by atoms with Crippen LogP contribution in [-0.2, 0) is 6.54 Å². The predicted molar refractivity (Wildman–Crippen MR) is 65.7 cm³/mol. The molecular formula is C13H20N2O. The zero-order valence-corrected chi connectivity index (χ0v) is 10.1. The van der Waals surface area contributed by atoms with Crippen LogP contribution in [-0.4, -0.2) is 37.7 Å². The van der Waals surface area contributed by atoms with Gasteiger partial charge in [-0.05, 0) is 24.6 Å². The normalized spacial score (nSPS) is 22.0. The Morgan fingerprint density at radius 2 is 2.12 bits per heavy atom. The predicted octanol–water partition coefficient (Wildman–Crippen LogP) is 1.49. The van der Waals surface area contributed by atoms with Gasteiger partial charge in [-0.1, -0.05) is 12.1 Å². The van der Waals surface area contributed by atoms with Gasteiger partial charge in [0.1, 0.15) is 5.75 Å². The summed E-state index contributed by atoms with van der Waals surface area (Å²) < 4.78 is 5.15. The maximum atomic E-state index is 5.15. The van der Waals surface area contributed by atoms with E-state index in [9.17, 15) is 0 Å². The van der Waals surface area contributed by atoms with E-state index in [0.29, 0.717) is 6.04 Å². The van der Waals surface area contributed by atoms with Gasteiger partial charge in [-0.25, -0.2) is 0 Å². The van der Waals surface area contributed by atoms with Gasteiger partial charge in [0.2, 0.25) is 0 Å². The molecule has 1 heterocycles. The van der Waals surface area contributed by atoms with Crippen molar-refractivity contribution < 1.29 is 4.74 Å². The highest BCUT2D eigenvalue weighted by Gasteiger charge is 2.15. The summed E-state index contributed by atoms with van der Waals surface area (Å²) in [5, 5.41) is 3.45. The van der Waals surface area contributed by atoms with Gasteiger partial charge in [-0.3, -0.25) is 4.90 Å². The second kappa shape index (κ2) is 5.32. The van der Waals surface area contributed by atoms with Crippen LogP contribution < -0.4 is 10.1 Å². The molecule has 1 aliphatic rings. The number of hydrogen-bond donors (Lipinski definition) is 1. The van der Waals surface area contributed by atoms with Crippen molar-refractivity contribution in [3.05, 3.63) is 29.8 Å². The molecule has 0 amide bonds. The Bertz CT molecular complexity index is 323. The largest absolute Gasteiger partial charge is 0.497 e. The fraction of sp³-hybridized carbons (Fsp3) is 0.538. The van der Waals surface area contributed by atoms with Crippen molar-refractivity contribution >= 4 is 0 Å². The highest BCUT2D eigenvalue weighted by Crippen LogP contribution is 2.13. The Morgan fingerprint density at radius 3 is 2.75 bits per heavy atom. The molecule has 16 heavy (non-hydrogen) atoms. The highest BCUT2D eigenvalue weighted by molar-refractivity contribution is 5.27. The zero-order valence-electron chi connectivity index (χ0n) is 10.1. The fourth-order valence-corrected chi connectivity index (χ4v) is 2.14. The van der Waals surface area contributed by atoms with E-state index < -0.39 is 0 Å². The first kappa shape index (κ1) is 11.4. The summed E-state index contributed by atoms with van der Waals surface area (Å²) in [7, 11) is 1.70. The van der Waals surface area contributed by atoms with Crippen LogP contribution in [0.5, 0.6) is 5.75 Å². The van der Waals surface area contributed by atoms with Gasteiger partial charge in [-0.15, -0.1) is 0 Å². The molecule has 1 aromatic rings. The number of methoxy groups -OCH3 is 1. The van der Waals surface area contributed by atoms with E-state index in [2.05, 4.69) is 29.3 Å². The summed E-state index contributed by atoms with van der Waals surface area (Å²) in [6.07, 6.45) is 0. The lowest BCUT2D eigenvalue weighted by Gasteiger charge is -2.31. The first-order valence-corrected chi connectivity index (χ1v) is 5.86. The Balaban J connectivity index is 1.92. The van der Waals surface area contributed by atoms with Crippen molar-refractivity contribution in [1.29, 1.82) is 0 Å². The third-order valence-electron chi connectivity index (χ3n) is 3.02. The number of hydrogen-bond acceptors (Lipinski definition) is 3. The lowest BCUT2D eigenvalue weighted by atomic mass is 10.1. The van der Waals surface area contributed by atoms with Crippen LogP contribution in [0.2, 0.25) is 0 Å². The third kappa shape index (κ3) is 2.97. The number of benzene rings is 1. The van der Waals surface area contributed by atoms with Gasteiger partial charge in [0, 0.05) is 32.2 Å². The summed E-state index contributed by atoms with van der Waals surface area (Å²) in [5.41, 5.74) is 1.36. The maximum Gasteiger partial charge on any atom is 0.118 e. The standard InChI is InChI=1S/C13H20N2O/c1-11-9-15(8-7-14-11)10-12-3-5-13(16-2)6-4-12/h3-6,11,14H,7-10H2,1-2H3. The minimum Gasteiger partial charge on any atom is -0.497 e. The smallest absolute Gasteiger partial charge is 0.118 e. The number of ether oxygens (including phenoxy) is 1. The fourth-order valence-electron chi connectivity index (χ4n) is 2.14. The average molecular weight is 220 g/mol. The molecule has 1 aromatic carbocycles. The minimum absolute atomic E-state index is 0.604. The molecule has 1 atom stereocenters. The van der Waals surface area contributed by atoms with E-state index in [1.165, 1.54) is 5.56 Å². The van der Waals surface area contributed by atoms with E-state index in [1.54, 1.807) is 7.11 Å². The Kier molecular flexibility index (Phi) is 3.80. The van der Waals surface area contributed by atoms with Crippen LogP contribution in [0.4, 0.5) is 0 Å². The summed E-state index contributed by atoms with van der Waals surface area (Å²) >= 11 is 0. The topological polar surface area (TPSA) is 24.5 Å². The zero-order chi connectivity index (χ0) is 11.4. The van der Waals surface area contributed by atoms with Crippen LogP contribution in [0.1, 0.15) is 12.5 Å². The lowest BCUT2D eigenvalue weighted by Crippen LogP contribution is -2.48. The monoisotopic (exact) mass is 220 g/mol. The number of nitrogens with zero attached hydrogens (tertiary/aromatic N) is 1. The second-order valence-electron chi connectivity index (χ2n) is 4.44. The molecule has 0 bridgehead atoms. The quantitative estimate of drug-likeness (QED) is 0.835. The molecule has 0 spiro atoms. The number of nitrogens with one attached hydrogen (secondary N) is 1. The molecule has 2 rings (SSSR count). The Morgan fingerprint density at radius 1 is 1.38 bits per heavy atom. The first-order valence-electron chi connectivity index (χ1n) is 5.86. The third-order valence-corrected chi connectivity index (χ3v) is 3.02. The van der Waals surface area contributed by atoms with Crippen molar-refractivity contribution in [2.45, 2.75) is 19.5 Å². The minimum atomic E-state index is 0.604. The van der Waals surface area contributed by atoms with Gasteiger partial charge in [-0.2, -0.15) is 0 Å². The molecule has 3 heteroatoms. The molecule has 1 aliphatic heterocycles. The van der Waals surface area contributed by atoms with E-state index in [0.717, 1.165) is 31.9 Å². The molecular weight excluding hydrogens is 200 g/mol. The van der Waals surface area contributed by atoms with Gasteiger partial charge in [0.05, 0.1) is 7.11 Å². The van der Waals surface area contributed by atoms with Crippen LogP contribution in [0.15, 0.2) is 24.3 Å². The van der Waals surface area contributed by atoms with Crippen molar-refractivity contribution in [2.24, 2.45) is 0 Å². The first-order chi connectivity index (χ1) is 7.78. The molecule has 1 unspecified atom stereocenters. The molecule has 0 saturated carbocycles. The van der Waals surface area contributed by atoms with Crippen LogP contribution in [0.3, 0.4) is 0 Å². The van der Waals surface area contributed by atoms with Crippen molar-refractivity contribution in [1.82, 2.24) is 10.2 Å². The summed E-state index contributed by atoms with van der Waals surface area (Å²) in [6, 6.07) is 8.95. The van der Waals surface area contributed by atoms with E-state index in [4.69, 9.17) is 4.74 Å². The second-order valence-corrected chi connectivity index (χ2v) is 4.44. The van der Waals surface area contributed by atoms with Crippen molar-refractivity contribution in [3.63, 3.8) is 0 Å². The number of rotatable bonds is 3. The highest BCUT2D eigenvalue weighted by atomic mass is 16.5. The van der Waals surface area contributed by atoms with E-state index >= 15 is 0 Å². The molecule has 1 fully saturated rings. The van der Waals surface area contributed by atoms with E-state index in [-0.39, 0.29) is 0 Å². The molecule has 1 N–H and O–H groups in total. The lowest BCUT2D eigenvalue weighted by molar-refractivity contribution is 0.199. The molecule has 0 radical (unpaired) electrons. The maximum absolute atomic E-state index is 5.15. The van der Waals surface area contributed by atoms with Crippen molar-refractivity contribution in [3.8, 4) is 5.75 Å². The van der Waals surface area contributed by atoms with E-state index in [1.807, 2.05) is 12.1 Å². The summed E-state index contributed by atoms with van der Waals surface area (Å²) in [5.74, 6) is 0.928. The summed E-state index contributed by atoms with van der Waals surface area (Å²) in [6.45, 7) is 6.63. The van der Waals surface area contributed by atoms with Crippen molar-refractivity contribution in [2.75, 3.05) is 26.7 Å². The van der Waals surface area contributed by atoms with Crippen LogP contribution in [0, 0.1) is 0 Å². The Hall–Kier alpha value is -1.06. The molecule has 1 saturated heterocycles. The number of piperazine rings is 1. The van der Waals surface area contributed by atoms with Gasteiger partial charge in [0.25, 0.3) is 0 Å². The SMILES string of the molecule is COc1ccc(CN2CCNC(C)C2)cc1. The van der Waals surface area contributed by atoms with Gasteiger partial charge >= 0.3 is 0 Å². The summed E-state index contributed by atoms with van der Waals surface area (Å²) in [4.78, 5) is 2.49.